The third kappa shape index (κ3) is 4.02. The van der Waals surface area contributed by atoms with Gasteiger partial charge in [0, 0.05) is 30.0 Å². The number of hydrogen-bond donors (Lipinski definition) is 0. The first-order valence-corrected chi connectivity index (χ1v) is 12.3. The Morgan fingerprint density at radius 1 is 1.16 bits per heavy atom. The standard InChI is InChI=1S/C23H28N4O4S/c1-5-31-23(28)18-8-10-26(11-9-18)32(29,30)21-13-19(7-6-15(21)2)20-14-24-27-17(4)12-16(3)25-22(20)27/h6-7,12-14,18H,5,8-11H2,1-4H3. The van der Waals surface area contributed by atoms with Gasteiger partial charge >= 0.3 is 5.97 Å². The Balaban J connectivity index is 1.66. The molecule has 1 aliphatic rings. The lowest BCUT2D eigenvalue weighted by atomic mass is 9.98. The number of benzene rings is 1. The van der Waals surface area contributed by atoms with Crippen LogP contribution in [0.25, 0.3) is 16.8 Å². The quantitative estimate of drug-likeness (QED) is 0.547. The Labute approximate surface area is 188 Å². The lowest BCUT2D eigenvalue weighted by molar-refractivity contribution is -0.149. The number of aromatic nitrogens is 3. The summed E-state index contributed by atoms with van der Waals surface area (Å²) in [4.78, 5) is 16.9. The van der Waals surface area contributed by atoms with Gasteiger partial charge in [0.25, 0.3) is 0 Å². The molecule has 0 unspecified atom stereocenters. The zero-order valence-corrected chi connectivity index (χ0v) is 19.6. The Kier molecular flexibility index (Phi) is 6.05. The van der Waals surface area contributed by atoms with Crippen molar-refractivity contribution in [3.8, 4) is 11.1 Å². The Hall–Kier alpha value is -2.78. The van der Waals surface area contributed by atoms with E-state index >= 15 is 0 Å². The number of sulfonamides is 1. The maximum atomic E-state index is 13.5. The summed E-state index contributed by atoms with van der Waals surface area (Å²) in [5.74, 6) is -0.487. The van der Waals surface area contributed by atoms with E-state index < -0.39 is 10.0 Å². The minimum atomic E-state index is -3.70. The van der Waals surface area contributed by atoms with Gasteiger partial charge in [-0.1, -0.05) is 12.1 Å². The number of esters is 1. The fourth-order valence-electron chi connectivity index (χ4n) is 4.25. The summed E-state index contributed by atoms with van der Waals surface area (Å²) in [5.41, 5.74) is 4.75. The average molecular weight is 457 g/mol. The first-order chi connectivity index (χ1) is 15.2. The number of ether oxygens (including phenoxy) is 1. The second-order valence-corrected chi connectivity index (χ2v) is 10.1. The van der Waals surface area contributed by atoms with Gasteiger partial charge in [-0.15, -0.1) is 0 Å². The topological polar surface area (TPSA) is 93.9 Å². The van der Waals surface area contributed by atoms with Crippen molar-refractivity contribution in [3.63, 3.8) is 0 Å². The second-order valence-electron chi connectivity index (χ2n) is 8.24. The van der Waals surface area contributed by atoms with Crippen LogP contribution >= 0.6 is 0 Å². The third-order valence-electron chi connectivity index (χ3n) is 5.97. The molecule has 0 radical (unpaired) electrons. The van der Waals surface area contributed by atoms with Gasteiger partial charge < -0.3 is 4.74 Å². The number of carbonyl (C=O) groups excluding carboxylic acids is 1. The average Bonchev–Trinajstić information content (AvgIpc) is 3.18. The smallest absolute Gasteiger partial charge is 0.309 e. The number of fused-ring (bicyclic) bond motifs is 1. The zero-order valence-electron chi connectivity index (χ0n) is 18.8. The summed E-state index contributed by atoms with van der Waals surface area (Å²) < 4.78 is 35.3. The van der Waals surface area contributed by atoms with Crippen molar-refractivity contribution in [2.75, 3.05) is 19.7 Å². The minimum absolute atomic E-state index is 0.242. The van der Waals surface area contributed by atoms with E-state index in [-0.39, 0.29) is 16.8 Å². The molecule has 1 aliphatic heterocycles. The molecule has 1 saturated heterocycles. The number of nitrogens with zero attached hydrogens (tertiary/aromatic N) is 4. The van der Waals surface area contributed by atoms with Crippen LogP contribution in [0.5, 0.6) is 0 Å². The van der Waals surface area contributed by atoms with Crippen molar-refractivity contribution < 1.29 is 17.9 Å². The Morgan fingerprint density at radius 2 is 1.88 bits per heavy atom. The first-order valence-electron chi connectivity index (χ1n) is 10.8. The van der Waals surface area contributed by atoms with Crippen LogP contribution in [-0.2, 0) is 19.6 Å². The molecular formula is C23H28N4O4S. The number of carbonyl (C=O) groups is 1. The molecule has 0 aliphatic carbocycles. The largest absolute Gasteiger partial charge is 0.466 e. The van der Waals surface area contributed by atoms with E-state index in [1.165, 1.54) is 4.31 Å². The van der Waals surface area contributed by atoms with Gasteiger partial charge in [-0.3, -0.25) is 4.79 Å². The molecule has 0 spiro atoms. The van der Waals surface area contributed by atoms with Crippen LogP contribution < -0.4 is 0 Å². The molecule has 0 atom stereocenters. The summed E-state index contributed by atoms with van der Waals surface area (Å²) in [6.07, 6.45) is 2.65. The van der Waals surface area contributed by atoms with Gasteiger partial charge in [0.05, 0.1) is 23.6 Å². The fourth-order valence-corrected chi connectivity index (χ4v) is 5.97. The lowest BCUT2D eigenvalue weighted by Gasteiger charge is -2.30. The van der Waals surface area contributed by atoms with Crippen molar-refractivity contribution >= 4 is 21.6 Å². The van der Waals surface area contributed by atoms with Crippen LogP contribution in [-0.4, -0.2) is 53.0 Å². The molecule has 3 heterocycles. The van der Waals surface area contributed by atoms with Crippen LogP contribution in [0.4, 0.5) is 0 Å². The molecule has 1 fully saturated rings. The summed E-state index contributed by atoms with van der Waals surface area (Å²) in [6.45, 7) is 8.39. The molecule has 0 bridgehead atoms. The van der Waals surface area contributed by atoms with Gasteiger partial charge in [-0.25, -0.2) is 17.9 Å². The van der Waals surface area contributed by atoms with Gasteiger partial charge in [0.2, 0.25) is 10.0 Å². The van der Waals surface area contributed by atoms with Crippen LogP contribution in [0.3, 0.4) is 0 Å². The molecule has 2 aromatic heterocycles. The van der Waals surface area contributed by atoms with E-state index in [0.717, 1.165) is 22.5 Å². The molecule has 170 valence electrons. The SMILES string of the molecule is CCOC(=O)C1CCN(S(=O)(=O)c2cc(-c3cnn4c(C)cc(C)nc34)ccc2C)CC1. The highest BCUT2D eigenvalue weighted by Crippen LogP contribution is 2.31. The third-order valence-corrected chi connectivity index (χ3v) is 8.01. The van der Waals surface area contributed by atoms with Gasteiger partial charge in [-0.2, -0.15) is 9.40 Å². The second kappa shape index (κ2) is 8.63. The summed E-state index contributed by atoms with van der Waals surface area (Å²) in [5, 5.41) is 4.43. The molecule has 8 nitrogen and oxygen atoms in total. The van der Waals surface area contributed by atoms with E-state index in [1.807, 2.05) is 32.0 Å². The first kappa shape index (κ1) is 22.4. The molecule has 9 heteroatoms. The van der Waals surface area contributed by atoms with Crippen LogP contribution in [0.2, 0.25) is 0 Å². The highest BCUT2D eigenvalue weighted by atomic mass is 32.2. The minimum Gasteiger partial charge on any atom is -0.466 e. The molecule has 0 amide bonds. The number of piperidine rings is 1. The maximum Gasteiger partial charge on any atom is 0.309 e. The highest BCUT2D eigenvalue weighted by molar-refractivity contribution is 7.89. The van der Waals surface area contributed by atoms with Crippen molar-refractivity contribution in [1.82, 2.24) is 18.9 Å². The van der Waals surface area contributed by atoms with E-state index in [4.69, 9.17) is 4.74 Å². The summed E-state index contributed by atoms with van der Waals surface area (Å²) in [7, 11) is -3.70. The van der Waals surface area contributed by atoms with Gasteiger partial charge in [-0.05, 0) is 63.8 Å². The lowest BCUT2D eigenvalue weighted by Crippen LogP contribution is -2.40. The molecule has 1 aromatic carbocycles. The molecule has 3 aromatic rings. The zero-order chi connectivity index (χ0) is 23.0. The summed E-state index contributed by atoms with van der Waals surface area (Å²) >= 11 is 0. The monoisotopic (exact) mass is 456 g/mol. The van der Waals surface area contributed by atoms with Crippen LogP contribution in [0, 0.1) is 26.7 Å². The predicted molar refractivity (Wildman–Crippen MR) is 121 cm³/mol. The van der Waals surface area contributed by atoms with E-state index in [1.54, 1.807) is 30.6 Å². The van der Waals surface area contributed by atoms with Crippen molar-refractivity contribution in [2.45, 2.75) is 45.4 Å². The fraction of sp³-hybridized carbons (Fsp3) is 0.435. The van der Waals surface area contributed by atoms with Gasteiger partial charge in [0.15, 0.2) is 5.65 Å². The Bertz CT molecular complexity index is 1270. The van der Waals surface area contributed by atoms with E-state index in [2.05, 4.69) is 10.1 Å². The molecule has 0 saturated carbocycles. The summed E-state index contributed by atoms with van der Waals surface area (Å²) in [6, 6.07) is 7.38. The molecule has 4 rings (SSSR count). The Morgan fingerprint density at radius 3 is 2.56 bits per heavy atom. The highest BCUT2D eigenvalue weighted by Gasteiger charge is 2.33. The van der Waals surface area contributed by atoms with E-state index in [0.29, 0.717) is 43.7 Å². The van der Waals surface area contributed by atoms with Gasteiger partial charge in [0.1, 0.15) is 0 Å². The molecular weight excluding hydrogens is 428 g/mol. The predicted octanol–water partition coefficient (Wildman–Crippen LogP) is 3.29. The number of rotatable bonds is 5. The van der Waals surface area contributed by atoms with E-state index in [9.17, 15) is 13.2 Å². The van der Waals surface area contributed by atoms with Crippen LogP contribution in [0.1, 0.15) is 36.7 Å². The normalized spacial score (nSPS) is 15.9. The van der Waals surface area contributed by atoms with Crippen molar-refractivity contribution in [2.24, 2.45) is 5.92 Å². The number of hydrogen-bond acceptors (Lipinski definition) is 6. The van der Waals surface area contributed by atoms with Crippen molar-refractivity contribution in [3.05, 3.63) is 47.4 Å². The van der Waals surface area contributed by atoms with Crippen molar-refractivity contribution in [1.29, 1.82) is 0 Å². The molecule has 0 N–H and O–H groups in total. The maximum absolute atomic E-state index is 13.5. The number of aryl methyl sites for hydroxylation is 3. The molecule has 32 heavy (non-hydrogen) atoms. The van der Waals surface area contributed by atoms with Crippen LogP contribution in [0.15, 0.2) is 35.4 Å².